The molecule has 0 aliphatic heterocycles. The van der Waals surface area contributed by atoms with Crippen molar-refractivity contribution in [2.75, 3.05) is 12.3 Å². The first-order valence-corrected chi connectivity index (χ1v) is 7.67. The van der Waals surface area contributed by atoms with Gasteiger partial charge in [0.15, 0.2) is 0 Å². The molecule has 0 radical (unpaired) electrons. The van der Waals surface area contributed by atoms with E-state index in [-0.39, 0.29) is 5.91 Å². The molecular formula is C14H14Cl2N2OS. The Balaban J connectivity index is 2.17. The third-order valence-electron chi connectivity index (χ3n) is 2.91. The van der Waals surface area contributed by atoms with E-state index in [1.807, 2.05) is 31.2 Å². The Bertz CT molecular complexity index is 610. The Morgan fingerprint density at radius 2 is 1.95 bits per heavy atom. The second kappa shape index (κ2) is 6.48. The molecule has 2 N–H and O–H groups in total. The summed E-state index contributed by atoms with van der Waals surface area (Å²) < 4.78 is 0.942. The second-order valence-electron chi connectivity index (χ2n) is 4.30. The third-order valence-corrected chi connectivity index (χ3v) is 4.40. The van der Waals surface area contributed by atoms with Crippen molar-refractivity contribution in [1.29, 1.82) is 0 Å². The molecule has 0 aliphatic carbocycles. The van der Waals surface area contributed by atoms with Crippen LogP contribution in [0.3, 0.4) is 0 Å². The first kappa shape index (κ1) is 15.2. The van der Waals surface area contributed by atoms with Gasteiger partial charge in [-0.3, -0.25) is 4.79 Å². The van der Waals surface area contributed by atoms with Crippen molar-refractivity contribution in [3.8, 4) is 0 Å². The van der Waals surface area contributed by atoms with Crippen LogP contribution in [0.2, 0.25) is 8.67 Å². The number of anilines is 1. The Hall–Kier alpha value is -1.23. The molecule has 0 spiro atoms. The topological polar surface area (TPSA) is 46.3 Å². The van der Waals surface area contributed by atoms with Crippen molar-refractivity contribution in [2.45, 2.75) is 13.5 Å². The maximum atomic E-state index is 12.4. The van der Waals surface area contributed by atoms with Crippen LogP contribution in [0.25, 0.3) is 0 Å². The highest BCUT2D eigenvalue weighted by Crippen LogP contribution is 2.32. The van der Waals surface area contributed by atoms with E-state index in [0.29, 0.717) is 33.0 Å². The summed E-state index contributed by atoms with van der Waals surface area (Å²) in [5.74, 6) is -0.113. The Labute approximate surface area is 131 Å². The van der Waals surface area contributed by atoms with Crippen LogP contribution < -0.4 is 5.73 Å². The fourth-order valence-corrected chi connectivity index (χ4v) is 3.28. The van der Waals surface area contributed by atoms with Crippen LogP contribution in [-0.4, -0.2) is 17.4 Å². The lowest BCUT2D eigenvalue weighted by atomic mass is 10.2. The molecule has 0 aliphatic rings. The van der Waals surface area contributed by atoms with Crippen LogP contribution in [0.1, 0.15) is 22.8 Å². The molecule has 0 fully saturated rings. The summed E-state index contributed by atoms with van der Waals surface area (Å²) in [5, 5.41) is 0. The van der Waals surface area contributed by atoms with Gasteiger partial charge >= 0.3 is 0 Å². The summed E-state index contributed by atoms with van der Waals surface area (Å²) >= 11 is 13.1. The van der Waals surface area contributed by atoms with E-state index in [1.165, 1.54) is 11.3 Å². The quantitative estimate of drug-likeness (QED) is 0.850. The minimum Gasteiger partial charge on any atom is -0.399 e. The van der Waals surface area contributed by atoms with Crippen LogP contribution in [0.5, 0.6) is 0 Å². The van der Waals surface area contributed by atoms with Gasteiger partial charge in [0.25, 0.3) is 5.91 Å². The van der Waals surface area contributed by atoms with E-state index in [9.17, 15) is 4.79 Å². The molecule has 2 rings (SSSR count). The number of hydrogen-bond acceptors (Lipinski definition) is 3. The van der Waals surface area contributed by atoms with Gasteiger partial charge in [0.05, 0.1) is 9.90 Å². The van der Waals surface area contributed by atoms with Gasteiger partial charge in [0.1, 0.15) is 4.34 Å². The lowest BCUT2D eigenvalue weighted by molar-refractivity contribution is 0.0753. The van der Waals surface area contributed by atoms with E-state index >= 15 is 0 Å². The summed E-state index contributed by atoms with van der Waals surface area (Å²) in [6.45, 7) is 3.03. The van der Waals surface area contributed by atoms with Crippen LogP contribution in [-0.2, 0) is 6.54 Å². The summed E-state index contributed by atoms with van der Waals surface area (Å²) in [4.78, 5) is 14.2. The van der Waals surface area contributed by atoms with Crippen molar-refractivity contribution in [3.05, 3.63) is 50.1 Å². The SMILES string of the molecule is CCN(Cc1ccc(N)cc1)C(=O)c1cc(Cl)sc1Cl. The fraction of sp³-hybridized carbons (Fsp3) is 0.214. The predicted octanol–water partition coefficient (Wildman–Crippen LogP) is 4.30. The van der Waals surface area contributed by atoms with Crippen LogP contribution in [0, 0.1) is 0 Å². The van der Waals surface area contributed by atoms with Gasteiger partial charge in [-0.2, -0.15) is 0 Å². The monoisotopic (exact) mass is 328 g/mol. The maximum absolute atomic E-state index is 12.4. The van der Waals surface area contributed by atoms with E-state index in [4.69, 9.17) is 28.9 Å². The average Bonchev–Trinajstić information content (AvgIpc) is 2.76. The fourth-order valence-electron chi connectivity index (χ4n) is 1.83. The lowest BCUT2D eigenvalue weighted by Gasteiger charge is -2.20. The number of nitrogens with two attached hydrogens (primary N) is 1. The minimum atomic E-state index is -0.113. The standard InChI is InChI=1S/C14H14Cl2N2OS/c1-2-18(8-9-3-5-10(17)6-4-9)14(19)11-7-12(15)20-13(11)16/h3-7H,2,8,17H2,1H3. The molecule has 1 aromatic heterocycles. The number of nitrogens with zero attached hydrogens (tertiary/aromatic N) is 1. The maximum Gasteiger partial charge on any atom is 0.256 e. The summed E-state index contributed by atoms with van der Waals surface area (Å²) in [7, 11) is 0. The van der Waals surface area contributed by atoms with E-state index in [0.717, 1.165) is 5.56 Å². The number of benzene rings is 1. The normalized spacial score (nSPS) is 10.6. The van der Waals surface area contributed by atoms with Gasteiger partial charge < -0.3 is 10.6 Å². The van der Waals surface area contributed by atoms with Gasteiger partial charge in [0.2, 0.25) is 0 Å². The zero-order valence-electron chi connectivity index (χ0n) is 10.9. The molecule has 3 nitrogen and oxygen atoms in total. The largest absolute Gasteiger partial charge is 0.399 e. The number of nitrogen functional groups attached to an aromatic ring is 1. The van der Waals surface area contributed by atoms with Crippen molar-refractivity contribution in [2.24, 2.45) is 0 Å². The van der Waals surface area contributed by atoms with Gasteiger partial charge in [-0.05, 0) is 30.7 Å². The summed E-state index contributed by atoms with van der Waals surface area (Å²) in [6.07, 6.45) is 0. The molecule has 20 heavy (non-hydrogen) atoms. The number of amides is 1. The molecule has 6 heteroatoms. The highest BCUT2D eigenvalue weighted by atomic mass is 35.5. The Kier molecular flexibility index (Phi) is 4.91. The number of halogens is 2. The zero-order chi connectivity index (χ0) is 14.7. The smallest absolute Gasteiger partial charge is 0.256 e. The van der Waals surface area contributed by atoms with Crippen molar-refractivity contribution >= 4 is 46.1 Å². The summed E-state index contributed by atoms with van der Waals surface area (Å²) in [5.41, 5.74) is 7.83. The minimum absolute atomic E-state index is 0.113. The molecule has 0 saturated carbocycles. The molecule has 0 unspecified atom stereocenters. The van der Waals surface area contributed by atoms with Gasteiger partial charge in [0, 0.05) is 18.8 Å². The van der Waals surface area contributed by atoms with Gasteiger partial charge in [-0.15, -0.1) is 11.3 Å². The van der Waals surface area contributed by atoms with Gasteiger partial charge in [-0.1, -0.05) is 35.3 Å². The number of thiophene rings is 1. The average molecular weight is 329 g/mol. The first-order chi connectivity index (χ1) is 9.51. The van der Waals surface area contributed by atoms with Crippen molar-refractivity contribution in [3.63, 3.8) is 0 Å². The molecule has 106 valence electrons. The van der Waals surface area contributed by atoms with Crippen LogP contribution in [0.4, 0.5) is 5.69 Å². The third kappa shape index (κ3) is 3.45. The lowest BCUT2D eigenvalue weighted by Crippen LogP contribution is -2.30. The molecule has 1 heterocycles. The molecule has 0 bridgehead atoms. The zero-order valence-corrected chi connectivity index (χ0v) is 13.2. The van der Waals surface area contributed by atoms with Crippen LogP contribution in [0.15, 0.2) is 30.3 Å². The molecule has 1 amide bonds. The molecule has 2 aromatic rings. The number of carbonyl (C=O) groups is 1. The van der Waals surface area contributed by atoms with Crippen LogP contribution >= 0.6 is 34.5 Å². The molecule has 0 atom stereocenters. The van der Waals surface area contributed by atoms with Crippen molar-refractivity contribution < 1.29 is 4.79 Å². The Morgan fingerprint density at radius 1 is 1.30 bits per heavy atom. The van der Waals surface area contributed by atoms with Gasteiger partial charge in [-0.25, -0.2) is 0 Å². The predicted molar refractivity (Wildman–Crippen MR) is 85.6 cm³/mol. The van der Waals surface area contributed by atoms with E-state index in [2.05, 4.69) is 0 Å². The molecular weight excluding hydrogens is 315 g/mol. The molecule has 1 aromatic carbocycles. The number of hydrogen-bond donors (Lipinski definition) is 1. The highest BCUT2D eigenvalue weighted by molar-refractivity contribution is 7.20. The molecule has 0 saturated heterocycles. The first-order valence-electron chi connectivity index (χ1n) is 6.09. The second-order valence-corrected chi connectivity index (χ2v) is 6.58. The Morgan fingerprint density at radius 3 is 2.45 bits per heavy atom. The van der Waals surface area contributed by atoms with Crippen molar-refractivity contribution in [1.82, 2.24) is 4.90 Å². The van der Waals surface area contributed by atoms with E-state index < -0.39 is 0 Å². The number of carbonyl (C=O) groups excluding carboxylic acids is 1. The highest BCUT2D eigenvalue weighted by Gasteiger charge is 2.19. The van der Waals surface area contributed by atoms with E-state index in [1.54, 1.807) is 11.0 Å². The summed E-state index contributed by atoms with van der Waals surface area (Å²) in [6, 6.07) is 9.08. The number of rotatable bonds is 4.